The van der Waals surface area contributed by atoms with Crippen LogP contribution in [0.15, 0.2) is 0 Å². The highest BCUT2D eigenvalue weighted by Gasteiger charge is 2.20. The molecule has 0 bridgehead atoms. The van der Waals surface area contributed by atoms with Crippen LogP contribution in [0.2, 0.25) is 0 Å². The van der Waals surface area contributed by atoms with E-state index in [4.69, 9.17) is 33.4 Å². The Morgan fingerprint density at radius 1 is 0.640 bits per heavy atom. The molecule has 0 saturated carbocycles. The molecule has 152 valence electrons. The molecule has 0 atom stereocenters. The molecule has 0 fully saturated rings. The fraction of sp³-hybridized carbons (Fsp3) is 1.00. The van der Waals surface area contributed by atoms with Crippen molar-refractivity contribution in [1.29, 1.82) is 0 Å². The van der Waals surface area contributed by atoms with E-state index in [-0.39, 0.29) is 10.8 Å². The van der Waals surface area contributed by atoms with Crippen molar-refractivity contribution in [3.63, 3.8) is 0 Å². The van der Waals surface area contributed by atoms with Gasteiger partial charge in [0.25, 0.3) is 0 Å². The molecule has 25 heavy (non-hydrogen) atoms. The molecule has 0 spiro atoms. The summed E-state index contributed by atoms with van der Waals surface area (Å²) in [6.07, 6.45) is 5.89. The number of rotatable bonds is 16. The Kier molecular flexibility index (Phi) is 14.0. The lowest BCUT2D eigenvalue weighted by Crippen LogP contribution is -2.18. The first-order valence-corrected chi connectivity index (χ1v) is 11.1. The molecule has 4 N–H and O–H groups in total. The van der Waals surface area contributed by atoms with Gasteiger partial charge in [-0.05, 0) is 36.5 Å². The number of unbranched alkanes of at least 4 members (excludes halogenated alkanes) is 2. The Bertz CT molecular complexity index is 296. The van der Waals surface area contributed by atoms with Crippen molar-refractivity contribution in [1.82, 2.24) is 0 Å². The van der Waals surface area contributed by atoms with E-state index in [0.29, 0.717) is 13.2 Å². The van der Waals surface area contributed by atoms with Crippen LogP contribution in [-0.2, 0) is 13.8 Å². The van der Waals surface area contributed by atoms with E-state index in [2.05, 4.69) is 27.7 Å². The maximum atomic E-state index is 8.78. The maximum Gasteiger partial charge on any atom is 0.327 e. The molecule has 0 radical (unpaired) electrons. The van der Waals surface area contributed by atoms with Crippen LogP contribution >= 0.6 is 17.2 Å². The Morgan fingerprint density at radius 3 is 1.32 bits per heavy atom. The minimum Gasteiger partial charge on any atom is -0.381 e. The average molecular weight is 402 g/mol. The zero-order valence-electron chi connectivity index (χ0n) is 16.0. The monoisotopic (exact) mass is 402 g/mol. The Labute approximate surface area is 154 Å². The molecular weight excluding hydrogens is 366 g/mol. The van der Waals surface area contributed by atoms with Crippen molar-refractivity contribution in [2.24, 2.45) is 10.8 Å². The lowest BCUT2D eigenvalue weighted by molar-refractivity contribution is 0.108. The third-order valence-corrected chi connectivity index (χ3v) is 4.65. The van der Waals surface area contributed by atoms with Gasteiger partial charge in [-0.2, -0.15) is 0 Å². The molecule has 0 rings (SSSR count). The fourth-order valence-electron chi connectivity index (χ4n) is 2.33. The van der Waals surface area contributed by atoms with Crippen LogP contribution in [0.5, 0.6) is 0 Å². The molecule has 0 heterocycles. The molecule has 0 aliphatic heterocycles. The van der Waals surface area contributed by atoms with Gasteiger partial charge in [-0.1, -0.05) is 40.5 Å². The molecule has 0 aliphatic rings. The van der Waals surface area contributed by atoms with Gasteiger partial charge in [-0.25, -0.2) is 0 Å². The average Bonchev–Trinajstić information content (AvgIpc) is 2.49. The molecule has 0 amide bonds. The van der Waals surface area contributed by atoms with Crippen molar-refractivity contribution in [3.05, 3.63) is 0 Å². The summed E-state index contributed by atoms with van der Waals surface area (Å²) in [6.45, 7) is 10.4. The summed E-state index contributed by atoms with van der Waals surface area (Å²) in [4.78, 5) is 35.1. The van der Waals surface area contributed by atoms with Crippen LogP contribution in [0.1, 0.15) is 66.2 Å². The van der Waals surface area contributed by atoms with Gasteiger partial charge in [-0.3, -0.25) is 0 Å². The molecule has 7 nitrogen and oxygen atoms in total. The third-order valence-electron chi connectivity index (χ3n) is 3.93. The highest BCUT2D eigenvalue weighted by Crippen LogP contribution is 2.32. The summed E-state index contributed by atoms with van der Waals surface area (Å²) < 4.78 is 15.4. The van der Waals surface area contributed by atoms with E-state index in [1.807, 2.05) is 0 Å². The molecule has 0 aromatic heterocycles. The zero-order valence-corrected chi connectivity index (χ0v) is 17.8. The summed E-state index contributed by atoms with van der Waals surface area (Å²) in [5.41, 5.74) is -0.133. The van der Waals surface area contributed by atoms with Crippen LogP contribution in [0.25, 0.3) is 0 Å². The second-order valence-electron chi connectivity index (χ2n) is 7.91. The van der Waals surface area contributed by atoms with Gasteiger partial charge in [0.05, 0.1) is 13.2 Å². The second-order valence-corrected chi connectivity index (χ2v) is 9.43. The third kappa shape index (κ3) is 17.7. The number of hydrogen-bond acceptors (Lipinski definition) is 7. The van der Waals surface area contributed by atoms with Gasteiger partial charge >= 0.3 is 17.2 Å². The summed E-state index contributed by atoms with van der Waals surface area (Å²) in [5.74, 6) is 0. The summed E-state index contributed by atoms with van der Waals surface area (Å²) in [5, 5.41) is 0. The molecule has 0 saturated heterocycles. The van der Waals surface area contributed by atoms with Crippen molar-refractivity contribution in [3.8, 4) is 0 Å². The lowest BCUT2D eigenvalue weighted by Gasteiger charge is -2.24. The van der Waals surface area contributed by atoms with Gasteiger partial charge in [0.15, 0.2) is 0 Å². The fourth-order valence-corrected chi connectivity index (χ4v) is 3.26. The van der Waals surface area contributed by atoms with E-state index < -0.39 is 17.2 Å². The standard InChI is InChI=1S/C16H36O7P2/c1-15(2,13-22-24(17)18)9-5-7-11-21-12-8-6-10-16(3,4)14-23-25(19)20/h17-20H,5-14H2,1-4H3. The second kappa shape index (κ2) is 13.7. The summed E-state index contributed by atoms with van der Waals surface area (Å²) in [7, 11) is -4.53. The zero-order chi connectivity index (χ0) is 19.3. The van der Waals surface area contributed by atoms with Crippen molar-refractivity contribution < 1.29 is 33.4 Å². The normalized spacial score (nSPS) is 13.2. The van der Waals surface area contributed by atoms with E-state index >= 15 is 0 Å². The first-order chi connectivity index (χ1) is 11.5. The molecule has 0 aromatic carbocycles. The Morgan fingerprint density at radius 2 is 1.00 bits per heavy atom. The largest absolute Gasteiger partial charge is 0.381 e. The van der Waals surface area contributed by atoms with Crippen molar-refractivity contribution in [2.45, 2.75) is 66.2 Å². The van der Waals surface area contributed by atoms with Crippen LogP contribution in [0.4, 0.5) is 0 Å². The highest BCUT2D eigenvalue weighted by atomic mass is 31.2. The smallest absolute Gasteiger partial charge is 0.327 e. The molecule has 0 aliphatic carbocycles. The molecule has 9 heteroatoms. The summed E-state index contributed by atoms with van der Waals surface area (Å²) >= 11 is 0. The van der Waals surface area contributed by atoms with Crippen LogP contribution < -0.4 is 0 Å². The van der Waals surface area contributed by atoms with Crippen molar-refractivity contribution in [2.75, 3.05) is 26.4 Å². The quantitative estimate of drug-likeness (QED) is 0.229. The first kappa shape index (κ1) is 25.6. The molecule has 0 unspecified atom stereocenters. The first-order valence-electron chi connectivity index (χ1n) is 8.73. The number of ether oxygens (including phenoxy) is 1. The predicted octanol–water partition coefficient (Wildman–Crippen LogP) is 3.85. The highest BCUT2D eigenvalue weighted by molar-refractivity contribution is 7.39. The molecule has 0 aromatic rings. The Hall–Kier alpha value is 0.580. The van der Waals surface area contributed by atoms with Gasteiger partial charge in [-0.15, -0.1) is 0 Å². The SMILES string of the molecule is CC(C)(CCCCOCCCCC(C)(C)COP(O)O)COP(O)O. The van der Waals surface area contributed by atoms with E-state index in [1.165, 1.54) is 0 Å². The Balaban J connectivity index is 3.52. The van der Waals surface area contributed by atoms with E-state index in [0.717, 1.165) is 51.7 Å². The van der Waals surface area contributed by atoms with Crippen LogP contribution in [-0.4, -0.2) is 46.0 Å². The predicted molar refractivity (Wildman–Crippen MR) is 101 cm³/mol. The van der Waals surface area contributed by atoms with E-state index in [9.17, 15) is 0 Å². The van der Waals surface area contributed by atoms with Gasteiger partial charge in [0, 0.05) is 13.2 Å². The number of hydrogen-bond donors (Lipinski definition) is 4. The van der Waals surface area contributed by atoms with Crippen molar-refractivity contribution >= 4 is 17.2 Å². The van der Waals surface area contributed by atoms with Gasteiger partial charge in [0.1, 0.15) is 0 Å². The minimum atomic E-state index is -2.27. The van der Waals surface area contributed by atoms with E-state index in [1.54, 1.807) is 0 Å². The van der Waals surface area contributed by atoms with Crippen LogP contribution in [0, 0.1) is 10.8 Å². The lowest BCUT2D eigenvalue weighted by atomic mass is 9.88. The summed E-state index contributed by atoms with van der Waals surface area (Å²) in [6, 6.07) is 0. The topological polar surface area (TPSA) is 109 Å². The van der Waals surface area contributed by atoms with Gasteiger partial charge < -0.3 is 33.4 Å². The van der Waals surface area contributed by atoms with Gasteiger partial charge in [0.2, 0.25) is 0 Å². The maximum absolute atomic E-state index is 8.78. The minimum absolute atomic E-state index is 0.0663. The van der Waals surface area contributed by atoms with Crippen LogP contribution in [0.3, 0.4) is 0 Å². The molecular formula is C16H36O7P2.